The van der Waals surface area contributed by atoms with Crippen molar-refractivity contribution in [2.75, 3.05) is 45.9 Å². The Labute approximate surface area is 119 Å². The molecule has 0 aromatic heterocycles. The Hall–Kier alpha value is -0.160. The summed E-state index contributed by atoms with van der Waals surface area (Å²) >= 11 is 0. The zero-order valence-corrected chi connectivity index (χ0v) is 12.9. The van der Waals surface area contributed by atoms with Crippen LogP contribution in [-0.2, 0) is 4.74 Å². The molecular weight excluding hydrogens is 238 g/mol. The Bertz CT molecular complexity index is 140. The Kier molecular flexibility index (Phi) is 17.7. The molecule has 4 nitrogen and oxygen atoms in total. The topological polar surface area (TPSA) is 59.3 Å². The maximum absolute atomic E-state index is 5.59. The average molecular weight is 273 g/mol. The molecule has 0 aromatic carbocycles. The Balaban J connectivity index is 2.88. The van der Waals surface area contributed by atoms with Crippen molar-refractivity contribution in [2.45, 2.75) is 51.9 Å². The van der Waals surface area contributed by atoms with Crippen molar-refractivity contribution >= 4 is 0 Å². The van der Waals surface area contributed by atoms with Crippen LogP contribution < -0.4 is 16.4 Å². The molecule has 0 bridgehead atoms. The SMILES string of the molecule is CCCCCCOCCCNCCCNCCCN. The number of ether oxygens (including phenoxy) is 1. The molecule has 0 fully saturated rings. The second-order valence-electron chi connectivity index (χ2n) is 5.02. The summed E-state index contributed by atoms with van der Waals surface area (Å²) < 4.78 is 5.59. The van der Waals surface area contributed by atoms with Crippen molar-refractivity contribution in [3.05, 3.63) is 0 Å². The van der Waals surface area contributed by atoms with Gasteiger partial charge < -0.3 is 21.1 Å². The highest BCUT2D eigenvalue weighted by molar-refractivity contribution is 4.52. The minimum atomic E-state index is 0.781. The third kappa shape index (κ3) is 17.8. The van der Waals surface area contributed by atoms with E-state index in [1.165, 1.54) is 32.1 Å². The van der Waals surface area contributed by atoms with Crippen LogP contribution in [0.4, 0.5) is 0 Å². The van der Waals surface area contributed by atoms with Gasteiger partial charge in [-0.3, -0.25) is 0 Å². The summed E-state index contributed by atoms with van der Waals surface area (Å²) in [5.41, 5.74) is 5.42. The Morgan fingerprint density at radius 3 is 2.05 bits per heavy atom. The molecule has 4 N–H and O–H groups in total. The molecule has 116 valence electrons. The van der Waals surface area contributed by atoms with Gasteiger partial charge in [-0.1, -0.05) is 26.2 Å². The number of nitrogens with two attached hydrogens (primary N) is 1. The molecule has 19 heavy (non-hydrogen) atoms. The first-order valence-corrected chi connectivity index (χ1v) is 8.11. The van der Waals surface area contributed by atoms with Crippen molar-refractivity contribution in [2.24, 2.45) is 5.73 Å². The van der Waals surface area contributed by atoms with Crippen LogP contribution in [0.2, 0.25) is 0 Å². The minimum Gasteiger partial charge on any atom is -0.381 e. The second kappa shape index (κ2) is 17.8. The molecule has 0 aromatic rings. The van der Waals surface area contributed by atoms with E-state index < -0.39 is 0 Å². The van der Waals surface area contributed by atoms with E-state index in [9.17, 15) is 0 Å². The molecule has 0 spiro atoms. The number of rotatable bonds is 16. The number of unbranched alkanes of at least 4 members (excludes halogenated alkanes) is 3. The molecule has 0 radical (unpaired) electrons. The fourth-order valence-corrected chi connectivity index (χ4v) is 1.85. The molecule has 0 aliphatic heterocycles. The molecule has 0 amide bonds. The summed E-state index contributed by atoms with van der Waals surface area (Å²) in [5.74, 6) is 0. The van der Waals surface area contributed by atoms with Crippen LogP contribution in [-0.4, -0.2) is 45.9 Å². The van der Waals surface area contributed by atoms with Crippen molar-refractivity contribution in [1.29, 1.82) is 0 Å². The maximum atomic E-state index is 5.59. The predicted molar refractivity (Wildman–Crippen MR) is 83.6 cm³/mol. The van der Waals surface area contributed by atoms with Gasteiger partial charge in [0, 0.05) is 13.2 Å². The molecule has 0 atom stereocenters. The van der Waals surface area contributed by atoms with Crippen molar-refractivity contribution in [3.8, 4) is 0 Å². The standard InChI is InChI=1S/C15H35N3O/c1-2-3-4-5-14-19-15-8-13-18-12-7-11-17-10-6-9-16/h17-18H,2-16H2,1H3. The van der Waals surface area contributed by atoms with Gasteiger partial charge >= 0.3 is 0 Å². The van der Waals surface area contributed by atoms with E-state index in [1.807, 2.05) is 0 Å². The first-order valence-electron chi connectivity index (χ1n) is 8.11. The lowest BCUT2D eigenvalue weighted by Crippen LogP contribution is -2.24. The number of hydrogen-bond acceptors (Lipinski definition) is 4. The lowest BCUT2D eigenvalue weighted by atomic mass is 10.2. The van der Waals surface area contributed by atoms with E-state index in [0.717, 1.165) is 58.8 Å². The highest BCUT2D eigenvalue weighted by atomic mass is 16.5. The van der Waals surface area contributed by atoms with Gasteiger partial charge in [0.2, 0.25) is 0 Å². The largest absolute Gasteiger partial charge is 0.381 e. The van der Waals surface area contributed by atoms with Crippen LogP contribution in [0, 0.1) is 0 Å². The van der Waals surface area contributed by atoms with E-state index in [0.29, 0.717) is 0 Å². The summed E-state index contributed by atoms with van der Waals surface area (Å²) in [4.78, 5) is 0. The lowest BCUT2D eigenvalue weighted by molar-refractivity contribution is 0.127. The maximum Gasteiger partial charge on any atom is 0.0478 e. The van der Waals surface area contributed by atoms with Crippen LogP contribution in [0.15, 0.2) is 0 Å². The van der Waals surface area contributed by atoms with Gasteiger partial charge in [-0.15, -0.1) is 0 Å². The van der Waals surface area contributed by atoms with Gasteiger partial charge in [0.05, 0.1) is 0 Å². The highest BCUT2D eigenvalue weighted by Crippen LogP contribution is 1.98. The molecule has 0 rings (SSSR count). The average Bonchev–Trinajstić information content (AvgIpc) is 2.43. The van der Waals surface area contributed by atoms with E-state index in [1.54, 1.807) is 0 Å². The second-order valence-corrected chi connectivity index (χ2v) is 5.02. The number of nitrogens with one attached hydrogen (secondary N) is 2. The molecule has 0 saturated carbocycles. The highest BCUT2D eigenvalue weighted by Gasteiger charge is 1.92. The molecular formula is C15H35N3O. The first kappa shape index (κ1) is 18.8. The first-order chi connectivity index (χ1) is 9.41. The van der Waals surface area contributed by atoms with E-state index in [-0.39, 0.29) is 0 Å². The molecule has 0 saturated heterocycles. The van der Waals surface area contributed by atoms with Gasteiger partial charge in [-0.2, -0.15) is 0 Å². The monoisotopic (exact) mass is 273 g/mol. The minimum absolute atomic E-state index is 0.781. The molecule has 0 aliphatic carbocycles. The van der Waals surface area contributed by atoms with Crippen molar-refractivity contribution in [3.63, 3.8) is 0 Å². The smallest absolute Gasteiger partial charge is 0.0478 e. The molecule has 0 aliphatic rings. The van der Waals surface area contributed by atoms with E-state index in [4.69, 9.17) is 10.5 Å². The normalized spacial score (nSPS) is 11.1. The molecule has 0 unspecified atom stereocenters. The van der Waals surface area contributed by atoms with E-state index in [2.05, 4.69) is 17.6 Å². The fraction of sp³-hybridized carbons (Fsp3) is 1.00. The van der Waals surface area contributed by atoms with Gasteiger partial charge in [-0.05, 0) is 58.4 Å². The molecule has 0 heterocycles. The third-order valence-electron chi connectivity index (χ3n) is 3.05. The lowest BCUT2D eigenvalue weighted by Gasteiger charge is -2.07. The Morgan fingerprint density at radius 1 is 0.737 bits per heavy atom. The molecule has 4 heteroatoms. The van der Waals surface area contributed by atoms with Gasteiger partial charge in [0.15, 0.2) is 0 Å². The summed E-state index contributed by atoms with van der Waals surface area (Å²) in [6, 6.07) is 0. The summed E-state index contributed by atoms with van der Waals surface area (Å²) in [7, 11) is 0. The fourth-order valence-electron chi connectivity index (χ4n) is 1.85. The quantitative estimate of drug-likeness (QED) is 0.376. The van der Waals surface area contributed by atoms with Gasteiger partial charge in [0.1, 0.15) is 0 Å². The van der Waals surface area contributed by atoms with Crippen LogP contribution in [0.1, 0.15) is 51.9 Å². The Morgan fingerprint density at radius 2 is 1.37 bits per heavy atom. The van der Waals surface area contributed by atoms with E-state index >= 15 is 0 Å². The van der Waals surface area contributed by atoms with Gasteiger partial charge in [-0.25, -0.2) is 0 Å². The van der Waals surface area contributed by atoms with Crippen molar-refractivity contribution in [1.82, 2.24) is 10.6 Å². The predicted octanol–water partition coefficient (Wildman–Crippen LogP) is 1.89. The van der Waals surface area contributed by atoms with Crippen LogP contribution in [0.5, 0.6) is 0 Å². The summed E-state index contributed by atoms with van der Waals surface area (Å²) in [6.45, 7) is 9.14. The zero-order valence-electron chi connectivity index (χ0n) is 12.9. The third-order valence-corrected chi connectivity index (χ3v) is 3.05. The van der Waals surface area contributed by atoms with Crippen molar-refractivity contribution < 1.29 is 4.74 Å². The van der Waals surface area contributed by atoms with Gasteiger partial charge in [0.25, 0.3) is 0 Å². The summed E-state index contributed by atoms with van der Waals surface area (Å²) in [5, 5.41) is 6.82. The number of hydrogen-bond donors (Lipinski definition) is 3. The van der Waals surface area contributed by atoms with Crippen LogP contribution in [0.3, 0.4) is 0 Å². The zero-order chi connectivity index (χ0) is 14.0. The van der Waals surface area contributed by atoms with Crippen LogP contribution >= 0.6 is 0 Å². The van der Waals surface area contributed by atoms with Crippen LogP contribution in [0.25, 0.3) is 0 Å². The summed E-state index contributed by atoms with van der Waals surface area (Å²) in [6.07, 6.45) is 8.54.